The molecule has 0 aromatic heterocycles. The molecule has 1 aromatic carbocycles. The van der Waals surface area contributed by atoms with Crippen molar-refractivity contribution in [1.82, 2.24) is 10.2 Å². The summed E-state index contributed by atoms with van der Waals surface area (Å²) in [7, 11) is 0. The first kappa shape index (κ1) is 21.9. The number of nitriles is 1. The van der Waals surface area contributed by atoms with Crippen LogP contribution in [0.5, 0.6) is 0 Å². The third-order valence-corrected chi connectivity index (χ3v) is 3.45. The largest absolute Gasteiger partial charge is 0.314 e. The van der Waals surface area contributed by atoms with Crippen LogP contribution < -0.4 is 5.32 Å². The lowest BCUT2D eigenvalue weighted by Gasteiger charge is -2.34. The van der Waals surface area contributed by atoms with Gasteiger partial charge in [-0.3, -0.25) is 4.90 Å². The maximum absolute atomic E-state index is 13.9. The van der Waals surface area contributed by atoms with Crippen LogP contribution in [0, 0.1) is 40.4 Å². The van der Waals surface area contributed by atoms with Gasteiger partial charge in [0.2, 0.25) is 5.82 Å². The molecule has 0 aliphatic carbocycles. The van der Waals surface area contributed by atoms with E-state index in [1.807, 2.05) is 0 Å². The molecular formula is C13H14Cl2F5N3. The Bertz CT molecular complexity index is 559. The minimum Gasteiger partial charge on any atom is -0.314 e. The molecule has 130 valence electrons. The molecule has 10 heteroatoms. The summed E-state index contributed by atoms with van der Waals surface area (Å²) < 4.78 is 67.4. The Hall–Kier alpha value is -1.14. The van der Waals surface area contributed by atoms with Crippen LogP contribution in [0.4, 0.5) is 22.0 Å². The van der Waals surface area contributed by atoms with E-state index in [4.69, 9.17) is 5.26 Å². The number of hydrogen-bond donors (Lipinski definition) is 1. The second kappa shape index (κ2) is 9.23. The molecule has 0 saturated carbocycles. The van der Waals surface area contributed by atoms with Crippen molar-refractivity contribution in [3.05, 3.63) is 34.6 Å². The number of rotatable bonds is 3. The lowest BCUT2D eigenvalue weighted by molar-refractivity contribution is 0.166. The second-order valence-corrected chi connectivity index (χ2v) is 4.65. The first-order valence-corrected chi connectivity index (χ1v) is 6.32. The van der Waals surface area contributed by atoms with Crippen LogP contribution in [0.25, 0.3) is 0 Å². The van der Waals surface area contributed by atoms with E-state index in [9.17, 15) is 22.0 Å². The highest BCUT2D eigenvalue weighted by molar-refractivity contribution is 5.85. The third kappa shape index (κ3) is 4.23. The van der Waals surface area contributed by atoms with Crippen molar-refractivity contribution in [2.24, 2.45) is 0 Å². The quantitative estimate of drug-likeness (QED) is 0.499. The molecule has 0 amide bonds. The fourth-order valence-electron chi connectivity index (χ4n) is 2.41. The van der Waals surface area contributed by atoms with E-state index in [1.54, 1.807) is 6.07 Å². The van der Waals surface area contributed by atoms with Crippen LogP contribution in [0.2, 0.25) is 0 Å². The van der Waals surface area contributed by atoms with Crippen LogP contribution in [0.1, 0.15) is 18.0 Å². The zero-order valence-electron chi connectivity index (χ0n) is 11.7. The molecule has 1 fully saturated rings. The van der Waals surface area contributed by atoms with E-state index < -0.39 is 40.7 Å². The monoisotopic (exact) mass is 377 g/mol. The highest BCUT2D eigenvalue weighted by Crippen LogP contribution is 2.33. The summed E-state index contributed by atoms with van der Waals surface area (Å²) in [6.45, 7) is 1.73. The topological polar surface area (TPSA) is 39.1 Å². The number of hydrogen-bond acceptors (Lipinski definition) is 3. The molecule has 0 bridgehead atoms. The molecule has 23 heavy (non-hydrogen) atoms. The SMILES string of the molecule is Cl.Cl.N#CC[C@@H](c1c(F)c(F)c(F)c(F)c1F)N1CCNCC1. The predicted molar refractivity (Wildman–Crippen MR) is 78.1 cm³/mol. The van der Waals surface area contributed by atoms with Gasteiger partial charge in [0.1, 0.15) is 0 Å². The van der Waals surface area contributed by atoms with Gasteiger partial charge in [-0.2, -0.15) is 5.26 Å². The highest BCUT2D eigenvalue weighted by atomic mass is 35.5. The first-order chi connectivity index (χ1) is 9.99. The normalized spacial score (nSPS) is 16.0. The van der Waals surface area contributed by atoms with Crippen LogP contribution in [0.15, 0.2) is 0 Å². The zero-order valence-corrected chi connectivity index (χ0v) is 13.3. The summed E-state index contributed by atoms with van der Waals surface area (Å²) in [5, 5.41) is 11.8. The fraction of sp³-hybridized carbons (Fsp3) is 0.462. The van der Waals surface area contributed by atoms with Crippen molar-refractivity contribution in [2.75, 3.05) is 26.2 Å². The Morgan fingerprint density at radius 1 is 0.913 bits per heavy atom. The molecule has 1 heterocycles. The van der Waals surface area contributed by atoms with Crippen molar-refractivity contribution in [1.29, 1.82) is 5.26 Å². The fourth-order valence-corrected chi connectivity index (χ4v) is 2.41. The molecule has 0 radical (unpaired) electrons. The van der Waals surface area contributed by atoms with Crippen molar-refractivity contribution >= 4 is 24.8 Å². The lowest BCUT2D eigenvalue weighted by atomic mass is 9.99. The number of nitrogens with zero attached hydrogens (tertiary/aromatic N) is 2. The van der Waals surface area contributed by atoms with Gasteiger partial charge in [0.05, 0.1) is 18.5 Å². The summed E-state index contributed by atoms with van der Waals surface area (Å²) in [6.07, 6.45) is -0.363. The molecule has 1 N–H and O–H groups in total. The summed E-state index contributed by atoms with van der Waals surface area (Å²) in [4.78, 5) is 1.54. The minimum absolute atomic E-state index is 0. The van der Waals surface area contributed by atoms with E-state index in [-0.39, 0.29) is 31.2 Å². The van der Waals surface area contributed by atoms with Gasteiger partial charge in [-0.1, -0.05) is 0 Å². The van der Waals surface area contributed by atoms with E-state index in [1.165, 1.54) is 4.90 Å². The van der Waals surface area contributed by atoms with Crippen molar-refractivity contribution in [3.63, 3.8) is 0 Å². The Balaban J connectivity index is 0.00000242. The molecule has 2 rings (SSSR count). The van der Waals surface area contributed by atoms with Crippen LogP contribution in [-0.4, -0.2) is 31.1 Å². The summed E-state index contributed by atoms with van der Waals surface area (Å²) in [5.41, 5.74) is -0.935. The van der Waals surface area contributed by atoms with Gasteiger partial charge >= 0.3 is 0 Å². The Labute approximate surface area is 142 Å². The molecule has 0 spiro atoms. The summed E-state index contributed by atoms with van der Waals surface area (Å²) in [6, 6.07) is 0.572. The van der Waals surface area contributed by atoms with Gasteiger partial charge in [-0.25, -0.2) is 22.0 Å². The maximum Gasteiger partial charge on any atom is 0.200 e. The smallest absolute Gasteiger partial charge is 0.200 e. The summed E-state index contributed by atoms with van der Waals surface area (Å²) >= 11 is 0. The Morgan fingerprint density at radius 3 is 1.78 bits per heavy atom. The van der Waals surface area contributed by atoms with Gasteiger partial charge < -0.3 is 5.32 Å². The maximum atomic E-state index is 13.9. The van der Waals surface area contributed by atoms with E-state index in [2.05, 4.69) is 5.32 Å². The molecule has 1 atom stereocenters. The first-order valence-electron chi connectivity index (χ1n) is 6.32. The predicted octanol–water partition coefficient (Wildman–Crippen LogP) is 3.09. The molecular weight excluding hydrogens is 364 g/mol. The molecule has 1 aliphatic rings. The van der Waals surface area contributed by atoms with E-state index >= 15 is 0 Å². The zero-order chi connectivity index (χ0) is 15.6. The van der Waals surface area contributed by atoms with Gasteiger partial charge in [0.15, 0.2) is 23.3 Å². The number of nitrogens with one attached hydrogen (secondary N) is 1. The minimum atomic E-state index is -2.19. The van der Waals surface area contributed by atoms with Gasteiger partial charge in [-0.05, 0) is 0 Å². The van der Waals surface area contributed by atoms with E-state index in [0.29, 0.717) is 26.2 Å². The van der Waals surface area contributed by atoms with Gasteiger partial charge in [-0.15, -0.1) is 24.8 Å². The molecule has 1 aliphatic heterocycles. The molecule has 1 saturated heterocycles. The number of halogens is 7. The van der Waals surface area contributed by atoms with Crippen molar-refractivity contribution in [3.8, 4) is 6.07 Å². The molecule has 3 nitrogen and oxygen atoms in total. The number of piperazine rings is 1. The third-order valence-electron chi connectivity index (χ3n) is 3.45. The number of benzene rings is 1. The average molecular weight is 378 g/mol. The lowest BCUT2D eigenvalue weighted by Crippen LogP contribution is -2.45. The van der Waals surface area contributed by atoms with Crippen molar-refractivity contribution < 1.29 is 22.0 Å². The van der Waals surface area contributed by atoms with E-state index in [0.717, 1.165) is 0 Å². The molecule has 0 unspecified atom stereocenters. The van der Waals surface area contributed by atoms with Crippen LogP contribution >= 0.6 is 24.8 Å². The van der Waals surface area contributed by atoms with Gasteiger partial charge in [0, 0.05) is 31.7 Å². The van der Waals surface area contributed by atoms with Gasteiger partial charge in [0.25, 0.3) is 0 Å². The van der Waals surface area contributed by atoms with Crippen LogP contribution in [-0.2, 0) is 0 Å². The molecule has 1 aromatic rings. The Kier molecular flexibility index (Phi) is 8.77. The highest BCUT2D eigenvalue weighted by Gasteiger charge is 2.33. The standard InChI is InChI=1S/C13H12F5N3.2ClH/c14-9-8(10(15)12(17)13(18)11(9)16)7(1-2-19)21-5-3-20-4-6-21;;/h7,20H,1,3-6H2;2*1H/t7-;;/m0../s1. The summed E-state index contributed by atoms with van der Waals surface area (Å²) in [5.74, 6) is -9.90. The van der Waals surface area contributed by atoms with Crippen LogP contribution in [0.3, 0.4) is 0 Å². The van der Waals surface area contributed by atoms with Crippen molar-refractivity contribution in [2.45, 2.75) is 12.5 Å². The average Bonchev–Trinajstić information content (AvgIpc) is 2.51. The Morgan fingerprint density at radius 2 is 1.35 bits per heavy atom. The second-order valence-electron chi connectivity index (χ2n) is 4.65.